The SMILES string of the molecule is CC(C)(O)COc1ccc2c(CC(=O)NC3CC4(C3)CC(Oc3ccc(-c5cc(F)c(F)c(F)c5)cc3)C4)cnn2c1. The van der Waals surface area contributed by atoms with E-state index in [1.807, 2.05) is 6.07 Å². The predicted octanol–water partition coefficient (Wildman–Crippen LogP) is 5.62. The van der Waals surface area contributed by atoms with Gasteiger partial charge >= 0.3 is 0 Å². The summed E-state index contributed by atoms with van der Waals surface area (Å²) in [6.07, 6.45) is 7.36. The number of nitrogens with zero attached hydrogens (tertiary/aromatic N) is 2. The largest absolute Gasteiger partial charge is 0.490 e. The molecule has 0 aliphatic heterocycles. The second-order valence-corrected chi connectivity index (χ2v) is 12.2. The van der Waals surface area contributed by atoms with Gasteiger partial charge in [-0.25, -0.2) is 17.7 Å². The Morgan fingerprint density at radius 2 is 1.69 bits per heavy atom. The van der Waals surface area contributed by atoms with Gasteiger partial charge < -0.3 is 19.9 Å². The highest BCUT2D eigenvalue weighted by molar-refractivity contribution is 5.81. The van der Waals surface area contributed by atoms with E-state index < -0.39 is 23.1 Å². The summed E-state index contributed by atoms with van der Waals surface area (Å²) >= 11 is 0. The highest BCUT2D eigenvalue weighted by Gasteiger charge is 2.54. The molecule has 2 aliphatic rings. The maximum atomic E-state index is 13.6. The van der Waals surface area contributed by atoms with Crippen molar-refractivity contribution in [1.29, 1.82) is 0 Å². The van der Waals surface area contributed by atoms with Gasteiger partial charge in [0.05, 0.1) is 36.0 Å². The summed E-state index contributed by atoms with van der Waals surface area (Å²) in [5.41, 5.74) is 1.72. The molecule has 42 heavy (non-hydrogen) atoms. The molecular formula is C32H32F3N3O4. The number of carbonyl (C=O) groups is 1. The molecule has 220 valence electrons. The number of aliphatic hydroxyl groups is 1. The number of hydrogen-bond donors (Lipinski definition) is 2. The number of hydrogen-bond acceptors (Lipinski definition) is 5. The minimum absolute atomic E-state index is 0.0414. The lowest BCUT2D eigenvalue weighted by Gasteiger charge is -2.57. The van der Waals surface area contributed by atoms with Crippen molar-refractivity contribution in [3.05, 3.63) is 83.9 Å². The molecule has 1 spiro atoms. The molecule has 6 rings (SSSR count). The third-order valence-electron chi connectivity index (χ3n) is 8.03. The van der Waals surface area contributed by atoms with Gasteiger partial charge in [-0.05, 0) is 92.5 Å². The van der Waals surface area contributed by atoms with E-state index in [0.717, 1.165) is 48.9 Å². The number of nitrogens with one attached hydrogen (secondary N) is 1. The van der Waals surface area contributed by atoms with E-state index in [0.29, 0.717) is 17.1 Å². The van der Waals surface area contributed by atoms with Crippen molar-refractivity contribution in [3.63, 3.8) is 0 Å². The van der Waals surface area contributed by atoms with Gasteiger partial charge in [0.25, 0.3) is 0 Å². The fourth-order valence-corrected chi connectivity index (χ4v) is 6.00. The van der Waals surface area contributed by atoms with Crippen LogP contribution in [0.15, 0.2) is 60.9 Å². The molecule has 0 unspecified atom stereocenters. The average Bonchev–Trinajstić information content (AvgIpc) is 3.29. The quantitative estimate of drug-likeness (QED) is 0.252. The van der Waals surface area contributed by atoms with Crippen LogP contribution >= 0.6 is 0 Å². The first-order valence-corrected chi connectivity index (χ1v) is 14.0. The first kappa shape index (κ1) is 28.1. The van der Waals surface area contributed by atoms with Crippen molar-refractivity contribution >= 4 is 11.4 Å². The molecule has 1 amide bonds. The maximum Gasteiger partial charge on any atom is 0.224 e. The third kappa shape index (κ3) is 5.94. The van der Waals surface area contributed by atoms with E-state index in [4.69, 9.17) is 9.47 Å². The summed E-state index contributed by atoms with van der Waals surface area (Å²) in [6.45, 7) is 3.50. The molecule has 2 saturated carbocycles. The fraction of sp³-hybridized carbons (Fsp3) is 0.375. The fourth-order valence-electron chi connectivity index (χ4n) is 6.00. The average molecular weight is 580 g/mol. The highest BCUT2D eigenvalue weighted by Crippen LogP contribution is 2.56. The van der Waals surface area contributed by atoms with E-state index in [1.54, 1.807) is 61.1 Å². The second-order valence-electron chi connectivity index (χ2n) is 12.2. The lowest BCUT2D eigenvalue weighted by atomic mass is 9.53. The van der Waals surface area contributed by atoms with Crippen LogP contribution < -0.4 is 14.8 Å². The number of rotatable bonds is 9. The Kier molecular flexibility index (Phi) is 7.12. The van der Waals surface area contributed by atoms with Crippen molar-refractivity contribution in [2.75, 3.05) is 6.61 Å². The number of pyridine rings is 1. The molecule has 10 heteroatoms. The minimum Gasteiger partial charge on any atom is -0.490 e. The number of benzene rings is 2. The van der Waals surface area contributed by atoms with Crippen LogP contribution in [0.5, 0.6) is 11.5 Å². The first-order chi connectivity index (χ1) is 20.0. The van der Waals surface area contributed by atoms with E-state index in [1.165, 1.54) is 0 Å². The Balaban J connectivity index is 0.950. The Hall–Kier alpha value is -4.05. The zero-order chi connectivity index (χ0) is 29.6. The van der Waals surface area contributed by atoms with Gasteiger partial charge in [0, 0.05) is 11.6 Å². The first-order valence-electron chi connectivity index (χ1n) is 14.0. The monoisotopic (exact) mass is 579 g/mol. The van der Waals surface area contributed by atoms with Gasteiger partial charge in [0.15, 0.2) is 17.5 Å². The van der Waals surface area contributed by atoms with E-state index >= 15 is 0 Å². The Morgan fingerprint density at radius 3 is 2.36 bits per heavy atom. The Morgan fingerprint density at radius 1 is 1.02 bits per heavy atom. The Labute approximate surface area is 241 Å². The molecule has 2 aliphatic carbocycles. The molecule has 0 saturated heterocycles. The summed E-state index contributed by atoms with van der Waals surface area (Å²) in [5, 5.41) is 17.3. The number of carbonyl (C=O) groups excluding carboxylic acids is 1. The van der Waals surface area contributed by atoms with Crippen LogP contribution in [0.25, 0.3) is 16.6 Å². The number of aromatic nitrogens is 2. The summed E-state index contributed by atoms with van der Waals surface area (Å²) < 4.78 is 53.7. The van der Waals surface area contributed by atoms with Gasteiger partial charge in [0.1, 0.15) is 18.1 Å². The van der Waals surface area contributed by atoms with Gasteiger partial charge in [0.2, 0.25) is 5.91 Å². The van der Waals surface area contributed by atoms with Crippen molar-refractivity contribution in [2.45, 2.75) is 63.7 Å². The van der Waals surface area contributed by atoms with Gasteiger partial charge in [-0.3, -0.25) is 4.79 Å². The number of amides is 1. The summed E-state index contributed by atoms with van der Waals surface area (Å²) in [5.74, 6) is -2.72. The molecule has 2 aromatic carbocycles. The lowest BCUT2D eigenvalue weighted by Crippen LogP contribution is -2.58. The molecular weight excluding hydrogens is 547 g/mol. The van der Waals surface area contributed by atoms with Crippen molar-refractivity contribution in [3.8, 4) is 22.6 Å². The molecule has 2 aromatic heterocycles. The third-order valence-corrected chi connectivity index (χ3v) is 8.03. The smallest absolute Gasteiger partial charge is 0.224 e. The number of fused-ring (bicyclic) bond motifs is 1. The van der Waals surface area contributed by atoms with E-state index in [2.05, 4.69) is 10.4 Å². The van der Waals surface area contributed by atoms with Crippen LogP contribution in [0.3, 0.4) is 0 Å². The standard InChI is InChI=1S/C32H32F3N3O4/c1-31(2,40)18-41-24-7-8-28-21(16-36-38(28)17-24)11-29(39)37-22-12-32(13-22)14-25(15-32)42-23-5-3-19(4-6-23)20-9-26(33)30(35)27(34)10-20/h3-10,16-17,22,25,40H,11-15,18H2,1-2H3,(H,37,39). The maximum absolute atomic E-state index is 13.6. The zero-order valence-corrected chi connectivity index (χ0v) is 23.4. The van der Waals surface area contributed by atoms with Crippen molar-refractivity contribution in [1.82, 2.24) is 14.9 Å². The van der Waals surface area contributed by atoms with Crippen LogP contribution in [0, 0.1) is 22.9 Å². The summed E-state index contributed by atoms with van der Waals surface area (Å²) in [6, 6.07) is 12.6. The molecule has 2 heterocycles. The topological polar surface area (TPSA) is 85.1 Å². The molecule has 7 nitrogen and oxygen atoms in total. The van der Waals surface area contributed by atoms with E-state index in [9.17, 15) is 23.1 Å². The van der Waals surface area contributed by atoms with Gasteiger partial charge in [-0.15, -0.1) is 0 Å². The van der Waals surface area contributed by atoms with Crippen LogP contribution in [-0.2, 0) is 11.2 Å². The van der Waals surface area contributed by atoms with Crippen molar-refractivity contribution in [2.24, 2.45) is 5.41 Å². The normalized spacial score (nSPS) is 21.6. The predicted molar refractivity (Wildman–Crippen MR) is 150 cm³/mol. The molecule has 2 fully saturated rings. The zero-order valence-electron chi connectivity index (χ0n) is 23.4. The summed E-state index contributed by atoms with van der Waals surface area (Å²) in [4.78, 5) is 12.8. The van der Waals surface area contributed by atoms with Crippen LogP contribution in [0.1, 0.15) is 45.1 Å². The van der Waals surface area contributed by atoms with E-state index in [-0.39, 0.29) is 42.1 Å². The molecule has 2 N–H and O–H groups in total. The van der Waals surface area contributed by atoms with Crippen molar-refractivity contribution < 1.29 is 32.5 Å². The van der Waals surface area contributed by atoms with Crippen LogP contribution in [0.4, 0.5) is 13.2 Å². The summed E-state index contributed by atoms with van der Waals surface area (Å²) in [7, 11) is 0. The molecule has 0 radical (unpaired) electrons. The number of halogens is 3. The minimum atomic E-state index is -1.48. The van der Waals surface area contributed by atoms with Gasteiger partial charge in [-0.1, -0.05) is 12.1 Å². The molecule has 0 bridgehead atoms. The number of ether oxygens (including phenoxy) is 2. The molecule has 4 aromatic rings. The lowest BCUT2D eigenvalue weighted by molar-refractivity contribution is -0.126. The van der Waals surface area contributed by atoms with Gasteiger partial charge in [-0.2, -0.15) is 5.10 Å². The van der Waals surface area contributed by atoms with Crippen LogP contribution in [0.2, 0.25) is 0 Å². The molecule has 0 atom stereocenters. The second kappa shape index (κ2) is 10.7. The highest BCUT2D eigenvalue weighted by atomic mass is 19.2. The van der Waals surface area contributed by atoms with Crippen LogP contribution in [-0.4, -0.2) is 45.0 Å². The Bertz CT molecular complexity index is 1590.